The molecule has 35 heavy (non-hydrogen) atoms. The predicted octanol–water partition coefficient (Wildman–Crippen LogP) is 5.71. The smallest absolute Gasteiger partial charge is 0.162 e. The average molecular weight is 552 g/mol. The Morgan fingerprint density at radius 1 is 0.714 bits per heavy atom. The Morgan fingerprint density at radius 3 is 2.23 bits per heavy atom. The van der Waals surface area contributed by atoms with E-state index in [-0.39, 0.29) is 49.6 Å². The van der Waals surface area contributed by atoms with Gasteiger partial charge in [0.05, 0.1) is 11.7 Å². The van der Waals surface area contributed by atoms with Gasteiger partial charge in [-0.25, -0.2) is 9.50 Å². The van der Waals surface area contributed by atoms with Crippen molar-refractivity contribution >= 4 is 71.9 Å². The van der Waals surface area contributed by atoms with Gasteiger partial charge in [-0.15, -0.1) is 49.6 Å². The molecule has 0 radical (unpaired) electrons. The first-order valence-electron chi connectivity index (χ1n) is 10.6. The van der Waals surface area contributed by atoms with Gasteiger partial charge in [-0.3, -0.25) is 4.98 Å². The maximum absolute atomic E-state index is 4.77. The molecule has 6 nitrogen and oxygen atoms in total. The van der Waals surface area contributed by atoms with Gasteiger partial charge in [-0.05, 0) is 35.4 Å². The van der Waals surface area contributed by atoms with Gasteiger partial charge in [0.25, 0.3) is 0 Å². The van der Waals surface area contributed by atoms with E-state index >= 15 is 0 Å². The Kier molecular flexibility index (Phi) is 10.1. The molecule has 4 heterocycles. The molecule has 0 saturated carbocycles. The zero-order valence-corrected chi connectivity index (χ0v) is 22.0. The second-order valence-electron chi connectivity index (χ2n) is 7.83. The van der Waals surface area contributed by atoms with Crippen molar-refractivity contribution in [2.75, 3.05) is 31.1 Å². The first-order chi connectivity index (χ1) is 15.4. The monoisotopic (exact) mass is 550 g/mol. The van der Waals surface area contributed by atoms with E-state index in [4.69, 9.17) is 4.98 Å². The lowest BCUT2D eigenvalue weighted by atomic mass is 10.0. The lowest BCUT2D eigenvalue weighted by Crippen LogP contribution is -2.43. The number of benzene rings is 2. The first-order valence-corrected chi connectivity index (χ1v) is 10.6. The van der Waals surface area contributed by atoms with Crippen LogP contribution in [0.1, 0.15) is 0 Å². The molecule has 1 aliphatic rings. The quantitative estimate of drug-likeness (QED) is 0.311. The molecule has 1 N–H and O–H groups in total. The molecule has 10 heteroatoms. The van der Waals surface area contributed by atoms with Crippen LogP contribution in [0.4, 0.5) is 5.69 Å². The van der Waals surface area contributed by atoms with Crippen LogP contribution in [-0.4, -0.2) is 45.8 Å². The molecule has 0 amide bonds. The third-order valence-electron chi connectivity index (χ3n) is 5.98. The van der Waals surface area contributed by atoms with Gasteiger partial charge >= 0.3 is 0 Å². The number of piperazine rings is 1. The summed E-state index contributed by atoms with van der Waals surface area (Å²) in [5.74, 6) is 0. The van der Waals surface area contributed by atoms with Crippen molar-refractivity contribution in [2.45, 2.75) is 0 Å². The molecule has 0 unspecified atom stereocenters. The van der Waals surface area contributed by atoms with Crippen molar-refractivity contribution in [1.29, 1.82) is 0 Å². The minimum absolute atomic E-state index is 0. The summed E-state index contributed by atoms with van der Waals surface area (Å²) in [4.78, 5) is 11.7. The van der Waals surface area contributed by atoms with E-state index in [0.29, 0.717) is 0 Å². The molecule has 5 aromatic rings. The van der Waals surface area contributed by atoms with Crippen LogP contribution >= 0.6 is 49.6 Å². The third-order valence-corrected chi connectivity index (χ3v) is 5.98. The molecular formula is C25H26Cl4N6. The molecule has 0 aliphatic carbocycles. The van der Waals surface area contributed by atoms with Crippen molar-refractivity contribution in [1.82, 2.24) is 24.9 Å². The van der Waals surface area contributed by atoms with Crippen LogP contribution in [0.25, 0.3) is 38.8 Å². The van der Waals surface area contributed by atoms with Crippen molar-refractivity contribution in [3.05, 3.63) is 79.4 Å². The Bertz CT molecular complexity index is 1380. The molecule has 0 bridgehead atoms. The maximum Gasteiger partial charge on any atom is 0.162 e. The van der Waals surface area contributed by atoms with Crippen molar-refractivity contribution in [2.24, 2.45) is 0 Å². The van der Waals surface area contributed by atoms with E-state index in [9.17, 15) is 0 Å². The molecule has 6 rings (SSSR count). The first kappa shape index (κ1) is 28.6. The van der Waals surface area contributed by atoms with Gasteiger partial charge in [0, 0.05) is 67.0 Å². The van der Waals surface area contributed by atoms with Gasteiger partial charge in [-0.2, -0.15) is 5.10 Å². The summed E-state index contributed by atoms with van der Waals surface area (Å²) in [6.07, 6.45) is 7.72. The summed E-state index contributed by atoms with van der Waals surface area (Å²) in [6.45, 7) is 4.17. The van der Waals surface area contributed by atoms with E-state index in [1.165, 1.54) is 5.69 Å². The van der Waals surface area contributed by atoms with Crippen molar-refractivity contribution in [3.63, 3.8) is 0 Å². The van der Waals surface area contributed by atoms with Gasteiger partial charge in [0.1, 0.15) is 0 Å². The molecule has 1 fully saturated rings. The topological polar surface area (TPSA) is 58.4 Å². The molecule has 1 aliphatic heterocycles. The number of hydrogen-bond acceptors (Lipinski definition) is 5. The highest BCUT2D eigenvalue weighted by Crippen LogP contribution is 2.31. The fourth-order valence-corrected chi connectivity index (χ4v) is 4.33. The number of hydrogen-bond donors (Lipinski definition) is 1. The van der Waals surface area contributed by atoms with Crippen LogP contribution in [0, 0.1) is 0 Å². The van der Waals surface area contributed by atoms with Crippen LogP contribution in [0.15, 0.2) is 79.4 Å². The van der Waals surface area contributed by atoms with Crippen LogP contribution in [0.5, 0.6) is 0 Å². The highest BCUT2D eigenvalue weighted by molar-refractivity contribution is 5.97. The summed E-state index contributed by atoms with van der Waals surface area (Å²) in [5.41, 5.74) is 7.39. The number of para-hydroxylation sites is 1. The van der Waals surface area contributed by atoms with E-state index in [2.05, 4.69) is 56.8 Å². The van der Waals surface area contributed by atoms with E-state index in [1.807, 2.05) is 47.4 Å². The summed E-state index contributed by atoms with van der Waals surface area (Å²) < 4.78 is 1.87. The lowest BCUT2D eigenvalue weighted by Gasteiger charge is -2.29. The zero-order chi connectivity index (χ0) is 20.6. The fourth-order valence-electron chi connectivity index (χ4n) is 4.33. The van der Waals surface area contributed by atoms with E-state index in [0.717, 1.165) is 65.0 Å². The fraction of sp³-hybridized carbons (Fsp3) is 0.160. The van der Waals surface area contributed by atoms with Crippen LogP contribution in [0.2, 0.25) is 0 Å². The van der Waals surface area contributed by atoms with Crippen LogP contribution < -0.4 is 10.2 Å². The third kappa shape index (κ3) is 5.47. The number of rotatable bonds is 3. The number of halogens is 4. The number of anilines is 1. The van der Waals surface area contributed by atoms with E-state index < -0.39 is 0 Å². The molecule has 0 spiro atoms. The Hall–Kier alpha value is -2.61. The SMILES string of the molecule is Cl.Cl.Cl.Cl.c1ccc2c(-c3cnn4cc(-c5ccc(N6CCNCC6)cc5)cnc34)ccnc2c1. The van der Waals surface area contributed by atoms with Gasteiger partial charge in [0.15, 0.2) is 5.65 Å². The normalized spacial score (nSPS) is 12.7. The molecular weight excluding hydrogens is 526 g/mol. The van der Waals surface area contributed by atoms with Gasteiger partial charge in [0.2, 0.25) is 0 Å². The Morgan fingerprint density at radius 2 is 1.46 bits per heavy atom. The Labute approximate surface area is 228 Å². The molecule has 1 saturated heterocycles. The minimum Gasteiger partial charge on any atom is -0.369 e. The molecule has 184 valence electrons. The molecule has 3 aromatic heterocycles. The highest BCUT2D eigenvalue weighted by Gasteiger charge is 2.13. The Balaban J connectivity index is 0.00000108. The highest BCUT2D eigenvalue weighted by atomic mass is 35.5. The van der Waals surface area contributed by atoms with Crippen LogP contribution in [0.3, 0.4) is 0 Å². The lowest BCUT2D eigenvalue weighted by molar-refractivity contribution is 0.589. The number of fused-ring (bicyclic) bond motifs is 2. The van der Waals surface area contributed by atoms with E-state index in [1.54, 1.807) is 0 Å². The molecule has 2 aromatic carbocycles. The van der Waals surface area contributed by atoms with Crippen molar-refractivity contribution in [3.8, 4) is 22.3 Å². The largest absolute Gasteiger partial charge is 0.369 e. The second-order valence-corrected chi connectivity index (χ2v) is 7.83. The second kappa shape index (κ2) is 12.4. The predicted molar refractivity (Wildman–Crippen MR) is 153 cm³/mol. The van der Waals surface area contributed by atoms with Crippen LogP contribution in [-0.2, 0) is 0 Å². The summed E-state index contributed by atoms with van der Waals surface area (Å²) in [7, 11) is 0. The number of pyridine rings is 1. The summed E-state index contributed by atoms with van der Waals surface area (Å²) in [6, 6.07) is 18.9. The average Bonchev–Trinajstić information content (AvgIpc) is 3.27. The standard InChI is InChI=1S/C25H22N6.4ClH/c1-2-4-24-22(3-1)21(9-10-27-24)23-16-29-31-17-19(15-28-25(23)31)18-5-7-20(8-6-18)30-13-11-26-12-14-30;;;;/h1-10,15-17,26H,11-14H2;4*1H. The zero-order valence-electron chi connectivity index (χ0n) is 18.7. The summed E-state index contributed by atoms with van der Waals surface area (Å²) in [5, 5.41) is 9.10. The molecule has 0 atom stereocenters. The maximum atomic E-state index is 4.77. The minimum atomic E-state index is 0. The number of nitrogens with zero attached hydrogens (tertiary/aromatic N) is 5. The van der Waals surface area contributed by atoms with Crippen molar-refractivity contribution < 1.29 is 0 Å². The van der Waals surface area contributed by atoms with Gasteiger partial charge in [-0.1, -0.05) is 30.3 Å². The number of nitrogens with one attached hydrogen (secondary N) is 1. The number of aromatic nitrogens is 4. The van der Waals surface area contributed by atoms with Gasteiger partial charge < -0.3 is 10.2 Å². The summed E-state index contributed by atoms with van der Waals surface area (Å²) >= 11 is 0.